The first-order chi connectivity index (χ1) is 10.3. The Hall–Kier alpha value is -1.93. The summed E-state index contributed by atoms with van der Waals surface area (Å²) < 4.78 is 5.35. The molecule has 8 heteroatoms. The van der Waals surface area contributed by atoms with Crippen molar-refractivity contribution in [1.29, 1.82) is 0 Å². The van der Waals surface area contributed by atoms with E-state index in [4.69, 9.17) is 14.9 Å². The van der Waals surface area contributed by atoms with Gasteiger partial charge in [0, 0.05) is 26.2 Å². The molecule has 2 heterocycles. The van der Waals surface area contributed by atoms with Crippen molar-refractivity contribution in [2.45, 2.75) is 32.7 Å². The fraction of sp³-hybridized carbons (Fsp3) is 0.643. The largest absolute Gasteiger partial charge is 0.444 e. The van der Waals surface area contributed by atoms with Crippen molar-refractivity contribution < 1.29 is 19.7 Å². The summed E-state index contributed by atoms with van der Waals surface area (Å²) in [5.41, 5.74) is -0.392. The molecule has 1 saturated heterocycles. The molecule has 1 aliphatic rings. The van der Waals surface area contributed by atoms with Gasteiger partial charge in [-0.1, -0.05) is 0 Å². The summed E-state index contributed by atoms with van der Waals surface area (Å²) in [4.78, 5) is 15.6. The Kier molecular flexibility index (Phi) is 4.82. The maximum Gasteiger partial charge on any atom is 0.410 e. The van der Waals surface area contributed by atoms with Crippen molar-refractivity contribution in [3.05, 3.63) is 17.8 Å². The van der Waals surface area contributed by atoms with Gasteiger partial charge in [-0.2, -0.15) is 0 Å². The molecule has 0 bridgehead atoms. The van der Waals surface area contributed by atoms with Crippen LogP contribution in [0.1, 0.15) is 32.8 Å². The number of piperazine rings is 1. The van der Waals surface area contributed by atoms with E-state index >= 15 is 0 Å². The number of carbonyl (C=O) groups is 1. The van der Waals surface area contributed by atoms with E-state index in [1.54, 1.807) is 11.0 Å². The smallest absolute Gasteiger partial charge is 0.410 e. The van der Waals surface area contributed by atoms with E-state index in [1.165, 1.54) is 6.07 Å². The predicted octanol–water partition coefficient (Wildman–Crippen LogP) is 0.517. The molecule has 0 unspecified atom stereocenters. The zero-order valence-corrected chi connectivity index (χ0v) is 13.1. The molecule has 22 heavy (non-hydrogen) atoms. The minimum Gasteiger partial charge on any atom is -0.444 e. The highest BCUT2D eigenvalue weighted by atomic mass is 16.6. The van der Waals surface area contributed by atoms with Gasteiger partial charge in [-0.05, 0) is 32.9 Å². The summed E-state index contributed by atoms with van der Waals surface area (Å²) in [6, 6.07) is 3.21. The quantitative estimate of drug-likeness (QED) is 0.768. The molecule has 1 aromatic rings. The van der Waals surface area contributed by atoms with Crippen molar-refractivity contribution in [2.75, 3.05) is 31.1 Å². The van der Waals surface area contributed by atoms with Crippen LogP contribution in [-0.4, -0.2) is 63.2 Å². The standard InChI is InChI=1S/C14H22N4O4/c1-14(2,3)22-13(21)18-8-6-17(7-9-18)11-5-4-10(12(19)20)15-16-11/h4-5,12,19-20H,6-9H2,1-3H3. The fourth-order valence-corrected chi connectivity index (χ4v) is 2.09. The molecule has 2 rings (SSSR count). The number of aliphatic hydroxyl groups excluding tert-OH is 1. The highest BCUT2D eigenvalue weighted by Gasteiger charge is 2.26. The summed E-state index contributed by atoms with van der Waals surface area (Å²) in [6.07, 6.45) is -1.93. The van der Waals surface area contributed by atoms with Gasteiger partial charge in [-0.15, -0.1) is 10.2 Å². The number of ether oxygens (including phenoxy) is 1. The lowest BCUT2D eigenvalue weighted by Crippen LogP contribution is -2.50. The molecule has 1 aromatic heterocycles. The van der Waals surface area contributed by atoms with Crippen LogP contribution in [0.25, 0.3) is 0 Å². The lowest BCUT2D eigenvalue weighted by atomic mass is 10.2. The van der Waals surface area contributed by atoms with Gasteiger partial charge in [0.05, 0.1) is 0 Å². The van der Waals surface area contributed by atoms with Crippen LogP contribution in [0.4, 0.5) is 10.6 Å². The number of hydrogen-bond acceptors (Lipinski definition) is 7. The van der Waals surface area contributed by atoms with Crippen LogP contribution in [0.5, 0.6) is 0 Å². The number of anilines is 1. The van der Waals surface area contributed by atoms with Gasteiger partial charge in [0.25, 0.3) is 0 Å². The molecule has 0 atom stereocenters. The van der Waals surface area contributed by atoms with E-state index < -0.39 is 11.9 Å². The van der Waals surface area contributed by atoms with E-state index in [2.05, 4.69) is 10.2 Å². The average molecular weight is 310 g/mol. The number of amides is 1. The highest BCUT2D eigenvalue weighted by molar-refractivity contribution is 5.68. The summed E-state index contributed by atoms with van der Waals surface area (Å²) in [7, 11) is 0. The number of nitrogens with zero attached hydrogens (tertiary/aromatic N) is 4. The minimum atomic E-state index is -1.62. The maximum absolute atomic E-state index is 12.0. The second kappa shape index (κ2) is 6.45. The van der Waals surface area contributed by atoms with Crippen molar-refractivity contribution >= 4 is 11.9 Å². The Morgan fingerprint density at radius 3 is 2.27 bits per heavy atom. The molecule has 0 saturated carbocycles. The van der Waals surface area contributed by atoms with Crippen LogP contribution in [-0.2, 0) is 4.74 Å². The molecule has 1 aliphatic heterocycles. The second-order valence-corrected chi connectivity index (χ2v) is 6.14. The van der Waals surface area contributed by atoms with Crippen LogP contribution in [0.3, 0.4) is 0 Å². The second-order valence-electron chi connectivity index (χ2n) is 6.14. The first-order valence-corrected chi connectivity index (χ1v) is 7.19. The lowest BCUT2D eigenvalue weighted by molar-refractivity contribution is -0.0464. The van der Waals surface area contributed by atoms with Gasteiger partial charge in [0.1, 0.15) is 11.3 Å². The van der Waals surface area contributed by atoms with Crippen LogP contribution >= 0.6 is 0 Å². The third-order valence-electron chi connectivity index (χ3n) is 3.19. The van der Waals surface area contributed by atoms with Crippen LogP contribution in [0.2, 0.25) is 0 Å². The number of rotatable bonds is 2. The van der Waals surface area contributed by atoms with E-state index in [9.17, 15) is 4.79 Å². The third kappa shape index (κ3) is 4.28. The molecular formula is C14H22N4O4. The van der Waals surface area contributed by atoms with Crippen LogP contribution in [0, 0.1) is 0 Å². The normalized spacial score (nSPS) is 16.1. The van der Waals surface area contributed by atoms with Gasteiger partial charge in [0.2, 0.25) is 0 Å². The van der Waals surface area contributed by atoms with E-state index in [1.807, 2.05) is 25.7 Å². The van der Waals surface area contributed by atoms with Crippen molar-refractivity contribution in [1.82, 2.24) is 15.1 Å². The Morgan fingerprint density at radius 2 is 1.82 bits per heavy atom. The number of hydrogen-bond donors (Lipinski definition) is 2. The first-order valence-electron chi connectivity index (χ1n) is 7.19. The fourth-order valence-electron chi connectivity index (χ4n) is 2.09. The summed E-state index contributed by atoms with van der Waals surface area (Å²) >= 11 is 0. The molecular weight excluding hydrogens is 288 g/mol. The number of aliphatic hydroxyl groups is 2. The number of carbonyl (C=O) groups excluding carboxylic acids is 1. The summed E-state index contributed by atoms with van der Waals surface area (Å²) in [5, 5.41) is 25.7. The zero-order valence-electron chi connectivity index (χ0n) is 13.1. The van der Waals surface area contributed by atoms with E-state index in [0.29, 0.717) is 32.0 Å². The average Bonchev–Trinajstić information content (AvgIpc) is 2.46. The van der Waals surface area contributed by atoms with Gasteiger partial charge in [-0.25, -0.2) is 4.79 Å². The topological polar surface area (TPSA) is 99.0 Å². The minimum absolute atomic E-state index is 0.108. The Labute approximate surface area is 129 Å². The van der Waals surface area contributed by atoms with Gasteiger partial charge < -0.3 is 24.7 Å². The van der Waals surface area contributed by atoms with Crippen LogP contribution in [0.15, 0.2) is 12.1 Å². The third-order valence-corrected chi connectivity index (χ3v) is 3.19. The van der Waals surface area contributed by atoms with E-state index in [-0.39, 0.29) is 11.8 Å². The molecule has 0 aromatic carbocycles. The lowest BCUT2D eigenvalue weighted by Gasteiger charge is -2.35. The Balaban J connectivity index is 1.90. The maximum atomic E-state index is 12.0. The van der Waals surface area contributed by atoms with Crippen molar-refractivity contribution in [2.24, 2.45) is 0 Å². The predicted molar refractivity (Wildman–Crippen MR) is 79.2 cm³/mol. The highest BCUT2D eigenvalue weighted by Crippen LogP contribution is 2.16. The molecule has 1 amide bonds. The van der Waals surface area contributed by atoms with Gasteiger partial charge in [-0.3, -0.25) is 0 Å². The van der Waals surface area contributed by atoms with Crippen LogP contribution < -0.4 is 4.90 Å². The molecule has 122 valence electrons. The monoisotopic (exact) mass is 310 g/mol. The Morgan fingerprint density at radius 1 is 1.18 bits per heavy atom. The number of aromatic nitrogens is 2. The molecule has 0 spiro atoms. The van der Waals surface area contributed by atoms with Crippen molar-refractivity contribution in [3.8, 4) is 0 Å². The molecule has 1 fully saturated rings. The van der Waals surface area contributed by atoms with Gasteiger partial charge in [0.15, 0.2) is 12.1 Å². The van der Waals surface area contributed by atoms with E-state index in [0.717, 1.165) is 0 Å². The van der Waals surface area contributed by atoms with Crippen molar-refractivity contribution in [3.63, 3.8) is 0 Å². The molecule has 0 aliphatic carbocycles. The zero-order chi connectivity index (χ0) is 16.3. The molecule has 8 nitrogen and oxygen atoms in total. The van der Waals surface area contributed by atoms with Gasteiger partial charge >= 0.3 is 6.09 Å². The Bertz CT molecular complexity index is 505. The summed E-state index contributed by atoms with van der Waals surface area (Å²) in [5.74, 6) is 0.647. The molecule has 0 radical (unpaired) electrons. The first kappa shape index (κ1) is 16.4. The summed E-state index contributed by atoms with van der Waals surface area (Å²) in [6.45, 7) is 7.85. The SMILES string of the molecule is CC(C)(C)OC(=O)N1CCN(c2ccc(C(O)O)nn2)CC1. The molecule has 2 N–H and O–H groups in total.